The molecule has 0 aliphatic carbocycles. The van der Waals surface area contributed by atoms with Crippen LogP contribution in [0.2, 0.25) is 0 Å². The second-order valence-electron chi connectivity index (χ2n) is 4.76. The second kappa shape index (κ2) is 7.05. The van der Waals surface area contributed by atoms with Crippen LogP contribution in [0.25, 0.3) is 0 Å². The van der Waals surface area contributed by atoms with E-state index in [1.807, 2.05) is 24.3 Å². The van der Waals surface area contributed by atoms with Crippen LogP contribution in [-0.4, -0.2) is 17.3 Å². The lowest BCUT2D eigenvalue weighted by atomic mass is 10.1. The number of hydrogen-bond acceptors (Lipinski definition) is 5. The summed E-state index contributed by atoms with van der Waals surface area (Å²) < 4.78 is 10.6. The van der Waals surface area contributed by atoms with Gasteiger partial charge >= 0.3 is 0 Å². The van der Waals surface area contributed by atoms with Gasteiger partial charge in [-0.1, -0.05) is 36.7 Å². The molecule has 0 spiro atoms. The Morgan fingerprint density at radius 1 is 1.30 bits per heavy atom. The van der Waals surface area contributed by atoms with Gasteiger partial charge in [0.2, 0.25) is 11.7 Å². The summed E-state index contributed by atoms with van der Waals surface area (Å²) in [5, 5.41) is 4.00. The third-order valence-corrected chi connectivity index (χ3v) is 3.27. The Morgan fingerprint density at radius 3 is 2.80 bits per heavy atom. The zero-order chi connectivity index (χ0) is 14.4. The zero-order valence-corrected chi connectivity index (χ0v) is 12.0. The lowest BCUT2D eigenvalue weighted by Crippen LogP contribution is -2.03. The molecule has 1 atom stereocenters. The van der Waals surface area contributed by atoms with E-state index < -0.39 is 0 Å². The predicted molar refractivity (Wildman–Crippen MR) is 77.2 cm³/mol. The Morgan fingerprint density at radius 2 is 2.10 bits per heavy atom. The Balaban J connectivity index is 1.98. The molecule has 0 fully saturated rings. The number of ether oxygens (including phenoxy) is 1. The average Bonchev–Trinajstić information content (AvgIpc) is 2.92. The molecule has 0 saturated carbocycles. The molecule has 0 aliphatic rings. The summed E-state index contributed by atoms with van der Waals surface area (Å²) in [6, 6.07) is 7.82. The first-order valence-corrected chi connectivity index (χ1v) is 6.93. The van der Waals surface area contributed by atoms with Gasteiger partial charge in [-0.05, 0) is 24.5 Å². The predicted octanol–water partition coefficient (Wildman–Crippen LogP) is 2.92. The molecule has 5 nitrogen and oxygen atoms in total. The van der Waals surface area contributed by atoms with Crippen molar-refractivity contribution in [3.63, 3.8) is 0 Å². The van der Waals surface area contributed by atoms with Crippen molar-refractivity contribution in [3.8, 4) is 0 Å². The van der Waals surface area contributed by atoms with Crippen molar-refractivity contribution in [2.45, 2.75) is 38.7 Å². The van der Waals surface area contributed by atoms with E-state index in [4.69, 9.17) is 15.0 Å². The highest BCUT2D eigenvalue weighted by molar-refractivity contribution is 5.46. The Kier molecular flexibility index (Phi) is 5.12. The van der Waals surface area contributed by atoms with Crippen LogP contribution in [-0.2, 0) is 17.6 Å². The first-order chi connectivity index (χ1) is 9.74. The van der Waals surface area contributed by atoms with Crippen LogP contribution in [0.1, 0.15) is 43.1 Å². The van der Waals surface area contributed by atoms with Gasteiger partial charge in [0.25, 0.3) is 0 Å². The molecule has 1 unspecified atom stereocenters. The number of methoxy groups -OCH3 is 1. The van der Waals surface area contributed by atoms with E-state index in [1.165, 1.54) is 0 Å². The highest BCUT2D eigenvalue weighted by Crippen LogP contribution is 2.20. The standard InChI is InChI=1S/C15H21N3O2/c1-3-6-13(19-2)15-17-14(20-18-15)10-9-11-7-4-5-8-12(11)16/h4-5,7-8,13H,3,6,9-10,16H2,1-2H3. The fraction of sp³-hybridized carbons (Fsp3) is 0.467. The molecule has 108 valence electrons. The number of aromatic nitrogens is 2. The SMILES string of the molecule is CCCC(OC)c1noc(CCc2ccccc2N)n1. The highest BCUT2D eigenvalue weighted by Gasteiger charge is 2.16. The van der Waals surface area contributed by atoms with Crippen LogP contribution >= 0.6 is 0 Å². The highest BCUT2D eigenvalue weighted by atomic mass is 16.5. The summed E-state index contributed by atoms with van der Waals surface area (Å²) in [5.41, 5.74) is 7.81. The van der Waals surface area contributed by atoms with Crippen LogP contribution < -0.4 is 5.73 Å². The Hall–Kier alpha value is -1.88. The fourth-order valence-corrected chi connectivity index (χ4v) is 2.12. The molecule has 20 heavy (non-hydrogen) atoms. The molecule has 2 N–H and O–H groups in total. The number of para-hydroxylation sites is 1. The van der Waals surface area contributed by atoms with Gasteiger partial charge in [0, 0.05) is 19.2 Å². The maximum Gasteiger partial charge on any atom is 0.227 e. The average molecular weight is 275 g/mol. The van der Waals surface area contributed by atoms with Crippen molar-refractivity contribution >= 4 is 5.69 Å². The normalized spacial score (nSPS) is 12.5. The largest absolute Gasteiger partial charge is 0.399 e. The lowest BCUT2D eigenvalue weighted by Gasteiger charge is -2.08. The maximum absolute atomic E-state index is 5.91. The summed E-state index contributed by atoms with van der Waals surface area (Å²) in [5.74, 6) is 1.26. The Labute approximate surface area is 119 Å². The molecule has 1 aromatic heterocycles. The molecule has 1 heterocycles. The number of hydrogen-bond donors (Lipinski definition) is 1. The first kappa shape index (κ1) is 14.5. The van der Waals surface area contributed by atoms with Gasteiger partial charge in [0.1, 0.15) is 6.10 Å². The summed E-state index contributed by atoms with van der Waals surface area (Å²) in [6.45, 7) is 2.10. The van der Waals surface area contributed by atoms with Crippen molar-refractivity contribution in [2.75, 3.05) is 12.8 Å². The molecule has 2 rings (SSSR count). The zero-order valence-electron chi connectivity index (χ0n) is 12.0. The molecule has 0 amide bonds. The van der Waals surface area contributed by atoms with E-state index in [-0.39, 0.29) is 6.10 Å². The minimum absolute atomic E-state index is 0.0840. The fourth-order valence-electron chi connectivity index (χ4n) is 2.12. The first-order valence-electron chi connectivity index (χ1n) is 6.93. The molecule has 2 aromatic rings. The van der Waals surface area contributed by atoms with Crippen LogP contribution in [0.5, 0.6) is 0 Å². The number of nitrogens with zero attached hydrogens (tertiary/aromatic N) is 2. The minimum atomic E-state index is -0.0840. The van der Waals surface area contributed by atoms with Crippen molar-refractivity contribution < 1.29 is 9.26 Å². The van der Waals surface area contributed by atoms with Gasteiger partial charge in [-0.3, -0.25) is 0 Å². The van der Waals surface area contributed by atoms with Gasteiger partial charge in [-0.2, -0.15) is 4.98 Å². The molecule has 1 aromatic carbocycles. The smallest absolute Gasteiger partial charge is 0.227 e. The Bertz CT molecular complexity index is 539. The lowest BCUT2D eigenvalue weighted by molar-refractivity contribution is 0.0854. The number of nitrogen functional groups attached to an aromatic ring is 1. The van der Waals surface area contributed by atoms with Gasteiger partial charge in [0.15, 0.2) is 0 Å². The van der Waals surface area contributed by atoms with E-state index in [2.05, 4.69) is 17.1 Å². The van der Waals surface area contributed by atoms with Crippen molar-refractivity contribution in [2.24, 2.45) is 0 Å². The topological polar surface area (TPSA) is 74.2 Å². The molecule has 5 heteroatoms. The van der Waals surface area contributed by atoms with Gasteiger partial charge in [-0.15, -0.1) is 0 Å². The van der Waals surface area contributed by atoms with Crippen LogP contribution in [0.4, 0.5) is 5.69 Å². The second-order valence-corrected chi connectivity index (χ2v) is 4.76. The van der Waals surface area contributed by atoms with Crippen LogP contribution in [0.15, 0.2) is 28.8 Å². The molecule has 0 bridgehead atoms. The van der Waals surface area contributed by atoms with Gasteiger partial charge in [-0.25, -0.2) is 0 Å². The summed E-state index contributed by atoms with van der Waals surface area (Å²) in [6.07, 6.45) is 3.30. The molecular formula is C15H21N3O2. The van der Waals surface area contributed by atoms with Crippen LogP contribution in [0.3, 0.4) is 0 Å². The third kappa shape index (κ3) is 3.57. The minimum Gasteiger partial charge on any atom is -0.399 e. The molecule has 0 aliphatic heterocycles. The summed E-state index contributed by atoms with van der Waals surface area (Å²) in [7, 11) is 1.67. The van der Waals surface area contributed by atoms with E-state index in [1.54, 1.807) is 7.11 Å². The van der Waals surface area contributed by atoms with Crippen molar-refractivity contribution in [1.29, 1.82) is 0 Å². The molecule has 0 saturated heterocycles. The van der Waals surface area contributed by atoms with E-state index in [0.29, 0.717) is 18.1 Å². The monoisotopic (exact) mass is 275 g/mol. The van der Waals surface area contributed by atoms with Crippen molar-refractivity contribution in [1.82, 2.24) is 10.1 Å². The quantitative estimate of drug-likeness (QED) is 0.786. The molecule has 0 radical (unpaired) electrons. The maximum atomic E-state index is 5.91. The van der Waals surface area contributed by atoms with Gasteiger partial charge < -0.3 is 15.0 Å². The number of anilines is 1. The third-order valence-electron chi connectivity index (χ3n) is 3.27. The number of nitrogens with two attached hydrogens (primary N) is 1. The molecular weight excluding hydrogens is 254 g/mol. The summed E-state index contributed by atoms with van der Waals surface area (Å²) in [4.78, 5) is 4.40. The van der Waals surface area contributed by atoms with Crippen LogP contribution in [0, 0.1) is 0 Å². The number of aryl methyl sites for hydroxylation is 2. The number of rotatable bonds is 7. The summed E-state index contributed by atoms with van der Waals surface area (Å²) >= 11 is 0. The van der Waals surface area contributed by atoms with E-state index >= 15 is 0 Å². The van der Waals surface area contributed by atoms with E-state index in [9.17, 15) is 0 Å². The van der Waals surface area contributed by atoms with Crippen molar-refractivity contribution in [3.05, 3.63) is 41.5 Å². The van der Waals surface area contributed by atoms with Gasteiger partial charge in [0.05, 0.1) is 0 Å². The van der Waals surface area contributed by atoms with E-state index in [0.717, 1.165) is 30.5 Å². The number of benzene rings is 1.